The molecule has 0 radical (unpaired) electrons. The van der Waals surface area contributed by atoms with Crippen LogP contribution >= 0.6 is 0 Å². The Morgan fingerprint density at radius 3 is 2.29 bits per heavy atom. The number of hydrazone groups is 1. The van der Waals surface area contributed by atoms with Crippen LogP contribution in [0.5, 0.6) is 11.5 Å². The zero-order valence-corrected chi connectivity index (χ0v) is 19.7. The van der Waals surface area contributed by atoms with Gasteiger partial charge in [-0.15, -0.1) is 0 Å². The highest BCUT2D eigenvalue weighted by Crippen LogP contribution is 2.35. The van der Waals surface area contributed by atoms with Crippen molar-refractivity contribution in [3.8, 4) is 11.5 Å². The lowest BCUT2D eigenvalue weighted by molar-refractivity contribution is -0.119. The number of carboxylic acids is 1. The first-order valence-corrected chi connectivity index (χ1v) is 11.7. The van der Waals surface area contributed by atoms with Crippen molar-refractivity contribution in [3.05, 3.63) is 83.9 Å². The van der Waals surface area contributed by atoms with Crippen molar-refractivity contribution in [2.75, 3.05) is 25.1 Å². The summed E-state index contributed by atoms with van der Waals surface area (Å²) < 4.78 is 38.4. The van der Waals surface area contributed by atoms with E-state index in [9.17, 15) is 18.0 Å². The van der Waals surface area contributed by atoms with E-state index in [1.54, 1.807) is 30.3 Å². The van der Waals surface area contributed by atoms with Gasteiger partial charge in [0.05, 0.1) is 36.6 Å². The van der Waals surface area contributed by atoms with Crippen LogP contribution in [0.1, 0.15) is 15.9 Å². The van der Waals surface area contributed by atoms with Gasteiger partial charge in [0, 0.05) is 6.07 Å². The second kappa shape index (κ2) is 11.2. The zero-order chi connectivity index (χ0) is 25.4. The number of methoxy groups -OCH3 is 2. The maximum atomic E-state index is 13.5. The predicted molar refractivity (Wildman–Crippen MR) is 130 cm³/mol. The molecule has 35 heavy (non-hydrogen) atoms. The lowest BCUT2D eigenvalue weighted by Gasteiger charge is -2.25. The van der Waals surface area contributed by atoms with Crippen molar-refractivity contribution in [1.29, 1.82) is 0 Å². The normalized spacial score (nSPS) is 11.1. The first-order chi connectivity index (χ1) is 16.8. The van der Waals surface area contributed by atoms with Crippen LogP contribution in [0.15, 0.2) is 82.8 Å². The molecule has 182 valence electrons. The number of amides is 1. The van der Waals surface area contributed by atoms with Crippen LogP contribution in [0.3, 0.4) is 0 Å². The third kappa shape index (κ3) is 6.15. The molecule has 0 saturated heterocycles. The molecule has 0 aliphatic carbocycles. The molecule has 0 aliphatic heterocycles. The van der Waals surface area contributed by atoms with Crippen LogP contribution in [0.2, 0.25) is 0 Å². The van der Waals surface area contributed by atoms with Crippen molar-refractivity contribution in [2.24, 2.45) is 5.10 Å². The van der Waals surface area contributed by atoms with Crippen molar-refractivity contribution in [1.82, 2.24) is 5.43 Å². The van der Waals surface area contributed by atoms with Crippen LogP contribution in [-0.2, 0) is 14.8 Å². The smallest absolute Gasteiger partial charge is 0.335 e. The van der Waals surface area contributed by atoms with Crippen molar-refractivity contribution in [3.63, 3.8) is 0 Å². The monoisotopic (exact) mass is 497 g/mol. The Morgan fingerprint density at radius 2 is 1.69 bits per heavy atom. The summed E-state index contributed by atoms with van der Waals surface area (Å²) in [7, 11) is -1.34. The van der Waals surface area contributed by atoms with E-state index in [1.807, 2.05) is 0 Å². The predicted octanol–water partition coefficient (Wildman–Crippen LogP) is 2.75. The molecule has 0 unspecified atom stereocenters. The zero-order valence-electron chi connectivity index (χ0n) is 18.9. The van der Waals surface area contributed by atoms with E-state index < -0.39 is 28.4 Å². The minimum atomic E-state index is -4.17. The maximum Gasteiger partial charge on any atom is 0.335 e. The van der Waals surface area contributed by atoms with Crippen molar-refractivity contribution < 1.29 is 32.6 Å². The Hall–Kier alpha value is -4.38. The van der Waals surface area contributed by atoms with Gasteiger partial charge in [-0.2, -0.15) is 5.10 Å². The summed E-state index contributed by atoms with van der Waals surface area (Å²) in [6, 6.07) is 18.1. The SMILES string of the molecule is COc1ccc(OC)c(N(CC(=O)N/N=C\c2ccc(C(=O)O)cc2)S(=O)(=O)c2ccccc2)c1. The molecule has 0 heterocycles. The van der Waals surface area contributed by atoms with Crippen molar-refractivity contribution in [2.45, 2.75) is 4.90 Å². The molecular formula is C24H23N3O7S. The summed E-state index contributed by atoms with van der Waals surface area (Å²) >= 11 is 0. The van der Waals surface area contributed by atoms with E-state index in [1.165, 1.54) is 62.9 Å². The van der Waals surface area contributed by atoms with Gasteiger partial charge in [0.1, 0.15) is 18.0 Å². The highest BCUT2D eigenvalue weighted by Gasteiger charge is 2.29. The summed E-state index contributed by atoms with van der Waals surface area (Å²) in [6.45, 7) is -0.601. The third-order valence-electron chi connectivity index (χ3n) is 4.83. The number of nitrogens with one attached hydrogen (secondary N) is 1. The molecule has 0 aliphatic rings. The number of ether oxygens (including phenoxy) is 2. The summed E-state index contributed by atoms with van der Waals surface area (Å²) in [5.41, 5.74) is 3.06. The molecule has 0 bridgehead atoms. The van der Waals surface area contributed by atoms with E-state index in [-0.39, 0.29) is 21.9 Å². The minimum absolute atomic E-state index is 0.0142. The second-order valence-electron chi connectivity index (χ2n) is 7.08. The van der Waals surface area contributed by atoms with Crippen LogP contribution < -0.4 is 19.2 Å². The van der Waals surface area contributed by atoms with E-state index in [4.69, 9.17) is 14.6 Å². The molecule has 11 heteroatoms. The van der Waals surface area contributed by atoms with E-state index >= 15 is 0 Å². The number of rotatable bonds is 10. The largest absolute Gasteiger partial charge is 0.497 e. The van der Waals surface area contributed by atoms with Crippen molar-refractivity contribution >= 4 is 33.8 Å². The Bertz CT molecular complexity index is 1320. The van der Waals surface area contributed by atoms with Crippen LogP contribution in [0.25, 0.3) is 0 Å². The fourth-order valence-corrected chi connectivity index (χ4v) is 4.51. The molecule has 0 fully saturated rings. The third-order valence-corrected chi connectivity index (χ3v) is 6.61. The average Bonchev–Trinajstić information content (AvgIpc) is 2.87. The number of sulfonamides is 1. The molecule has 3 aromatic carbocycles. The molecule has 0 atom stereocenters. The van der Waals surface area contributed by atoms with Gasteiger partial charge in [-0.25, -0.2) is 18.6 Å². The van der Waals surface area contributed by atoms with Gasteiger partial charge in [-0.05, 0) is 42.0 Å². The molecule has 10 nitrogen and oxygen atoms in total. The highest BCUT2D eigenvalue weighted by molar-refractivity contribution is 7.92. The van der Waals surface area contributed by atoms with Crippen LogP contribution in [0.4, 0.5) is 5.69 Å². The Kier molecular flexibility index (Phi) is 8.05. The number of aromatic carboxylic acids is 1. The molecular weight excluding hydrogens is 474 g/mol. The van der Waals surface area contributed by atoms with Gasteiger partial charge in [-0.1, -0.05) is 30.3 Å². The van der Waals surface area contributed by atoms with E-state index in [0.717, 1.165) is 4.31 Å². The molecule has 1 amide bonds. The number of carbonyl (C=O) groups is 2. The summed E-state index contributed by atoms with van der Waals surface area (Å²) in [5, 5.41) is 12.8. The minimum Gasteiger partial charge on any atom is -0.497 e. The molecule has 3 aromatic rings. The number of benzene rings is 3. The fourth-order valence-electron chi connectivity index (χ4n) is 3.07. The first kappa shape index (κ1) is 25.2. The second-order valence-corrected chi connectivity index (χ2v) is 8.95. The van der Waals surface area contributed by atoms with E-state index in [2.05, 4.69) is 10.5 Å². The van der Waals surface area contributed by atoms with Crippen LogP contribution in [0, 0.1) is 0 Å². The topological polar surface area (TPSA) is 135 Å². The summed E-state index contributed by atoms with van der Waals surface area (Å²) in [6.07, 6.45) is 1.31. The molecule has 0 saturated carbocycles. The maximum absolute atomic E-state index is 13.5. The van der Waals surface area contributed by atoms with Gasteiger partial charge >= 0.3 is 5.97 Å². The number of carboxylic acid groups (broad SMARTS) is 1. The Morgan fingerprint density at radius 1 is 1.00 bits per heavy atom. The van der Waals surface area contributed by atoms with Gasteiger partial charge in [-0.3, -0.25) is 9.10 Å². The Labute approximate surface area is 202 Å². The highest BCUT2D eigenvalue weighted by atomic mass is 32.2. The number of anilines is 1. The lowest BCUT2D eigenvalue weighted by Crippen LogP contribution is -2.39. The summed E-state index contributed by atoms with van der Waals surface area (Å²) in [5.74, 6) is -1.18. The summed E-state index contributed by atoms with van der Waals surface area (Å²) in [4.78, 5) is 23.6. The fraction of sp³-hybridized carbons (Fsp3) is 0.125. The average molecular weight is 498 g/mol. The van der Waals surface area contributed by atoms with Gasteiger partial charge in [0.25, 0.3) is 15.9 Å². The molecule has 0 spiro atoms. The van der Waals surface area contributed by atoms with Gasteiger partial charge in [0.2, 0.25) is 0 Å². The van der Waals surface area contributed by atoms with Gasteiger partial charge in [0.15, 0.2) is 0 Å². The first-order valence-electron chi connectivity index (χ1n) is 10.2. The Balaban J connectivity index is 1.89. The number of nitrogens with zero attached hydrogens (tertiary/aromatic N) is 2. The van der Waals surface area contributed by atoms with Crippen LogP contribution in [-0.4, -0.2) is 52.4 Å². The van der Waals surface area contributed by atoms with Gasteiger partial charge < -0.3 is 14.6 Å². The number of carbonyl (C=O) groups excluding carboxylic acids is 1. The quantitative estimate of drug-likeness (QED) is 0.325. The lowest BCUT2D eigenvalue weighted by atomic mass is 10.1. The number of hydrogen-bond donors (Lipinski definition) is 2. The molecule has 2 N–H and O–H groups in total. The molecule has 0 aromatic heterocycles. The molecule has 3 rings (SSSR count). The van der Waals surface area contributed by atoms with E-state index in [0.29, 0.717) is 11.3 Å². The standard InChI is InChI=1S/C24H23N3O7S/c1-33-19-12-13-22(34-2)21(14-19)27(35(31,32)20-6-4-3-5-7-20)16-23(28)26-25-15-17-8-10-18(11-9-17)24(29)30/h3-15H,16H2,1-2H3,(H,26,28)(H,29,30)/b25-15-. The number of hydrogen-bond acceptors (Lipinski definition) is 7.